The maximum Gasteiger partial charge on any atom is 0.167 e. The SMILES string of the molecule is CCC1O[C@@H](O)C(N=[N+]=[N-])[C@@H](C)[C@@H]1O[C@@H]1O[C@@H](C(C)=O)[C@@H](O[C@H]2O[C@@H](CC)[C@@H](C)[C@H](C)C2N=[N+]=[N-])[C@H](C)C1C. The van der Waals surface area contributed by atoms with Gasteiger partial charge in [0.2, 0.25) is 0 Å². The molecule has 3 heterocycles. The van der Waals surface area contributed by atoms with Crippen LogP contribution in [0.3, 0.4) is 0 Å². The van der Waals surface area contributed by atoms with Crippen molar-refractivity contribution in [2.24, 2.45) is 39.8 Å². The molecule has 15 atom stereocenters. The van der Waals surface area contributed by atoms with Crippen molar-refractivity contribution in [3.8, 4) is 0 Å². The van der Waals surface area contributed by atoms with Crippen LogP contribution >= 0.6 is 0 Å². The van der Waals surface area contributed by atoms with Crippen molar-refractivity contribution >= 4 is 5.78 Å². The Bertz CT molecular complexity index is 944. The third kappa shape index (κ3) is 6.52. The molecule has 0 aromatic heterocycles. The fourth-order valence-corrected chi connectivity index (χ4v) is 6.12. The van der Waals surface area contributed by atoms with Gasteiger partial charge in [-0.25, -0.2) is 0 Å². The summed E-state index contributed by atoms with van der Waals surface area (Å²) in [6, 6.07) is -1.37. The predicted molar refractivity (Wildman–Crippen MR) is 141 cm³/mol. The van der Waals surface area contributed by atoms with E-state index in [0.717, 1.165) is 6.42 Å². The summed E-state index contributed by atoms with van der Waals surface area (Å²) >= 11 is 0. The molecule has 220 valence electrons. The van der Waals surface area contributed by atoms with Crippen LogP contribution in [-0.2, 0) is 28.5 Å². The molecule has 4 unspecified atom stereocenters. The highest BCUT2D eigenvalue weighted by Gasteiger charge is 2.51. The third-order valence-electron chi connectivity index (χ3n) is 9.09. The van der Waals surface area contributed by atoms with Gasteiger partial charge in [-0.15, -0.1) is 0 Å². The second-order valence-corrected chi connectivity index (χ2v) is 11.3. The third-order valence-corrected chi connectivity index (χ3v) is 9.09. The summed E-state index contributed by atoms with van der Waals surface area (Å²) in [7, 11) is 0. The van der Waals surface area contributed by atoms with E-state index in [9.17, 15) is 15.4 Å². The highest BCUT2D eigenvalue weighted by Crippen LogP contribution is 2.41. The van der Waals surface area contributed by atoms with Crippen molar-refractivity contribution < 1.29 is 33.6 Å². The number of aliphatic hydroxyl groups is 1. The van der Waals surface area contributed by atoms with Crippen LogP contribution in [0.25, 0.3) is 20.9 Å². The molecule has 3 aliphatic rings. The Morgan fingerprint density at radius 2 is 1.36 bits per heavy atom. The lowest BCUT2D eigenvalue weighted by atomic mass is 9.80. The van der Waals surface area contributed by atoms with Crippen molar-refractivity contribution in [1.82, 2.24) is 0 Å². The van der Waals surface area contributed by atoms with Crippen LogP contribution in [0.1, 0.15) is 68.2 Å². The second kappa shape index (κ2) is 13.6. The van der Waals surface area contributed by atoms with Gasteiger partial charge in [-0.2, -0.15) is 0 Å². The molecule has 0 aromatic rings. The van der Waals surface area contributed by atoms with Crippen LogP contribution in [0.2, 0.25) is 0 Å². The van der Waals surface area contributed by atoms with Crippen LogP contribution in [0.15, 0.2) is 10.2 Å². The van der Waals surface area contributed by atoms with E-state index in [0.29, 0.717) is 6.42 Å². The predicted octanol–water partition coefficient (Wildman–Crippen LogP) is 4.87. The zero-order valence-electron chi connectivity index (χ0n) is 24.2. The normalized spacial score (nSPS) is 46.5. The Morgan fingerprint density at radius 1 is 0.769 bits per heavy atom. The minimum Gasteiger partial charge on any atom is -0.368 e. The molecule has 3 aliphatic heterocycles. The van der Waals surface area contributed by atoms with E-state index >= 15 is 0 Å². The van der Waals surface area contributed by atoms with Gasteiger partial charge in [0.05, 0.1) is 36.5 Å². The molecule has 1 N–H and O–H groups in total. The summed E-state index contributed by atoms with van der Waals surface area (Å²) in [5.74, 6) is -0.795. The highest BCUT2D eigenvalue weighted by atomic mass is 16.7. The number of aliphatic hydroxyl groups excluding tert-OH is 1. The van der Waals surface area contributed by atoms with Crippen molar-refractivity contribution in [2.45, 2.75) is 130 Å². The molecule has 0 aliphatic carbocycles. The number of Topliss-reactive ketones (excluding diaryl/α,β-unsaturated/α-hetero) is 1. The van der Waals surface area contributed by atoms with Crippen molar-refractivity contribution in [3.63, 3.8) is 0 Å². The van der Waals surface area contributed by atoms with Gasteiger partial charge in [0.1, 0.15) is 6.10 Å². The first-order valence-corrected chi connectivity index (χ1v) is 14.0. The number of ether oxygens (including phenoxy) is 5. The summed E-state index contributed by atoms with van der Waals surface area (Å²) in [4.78, 5) is 18.7. The van der Waals surface area contributed by atoms with Crippen LogP contribution in [-0.4, -0.2) is 72.4 Å². The highest BCUT2D eigenvalue weighted by molar-refractivity contribution is 5.81. The van der Waals surface area contributed by atoms with E-state index in [4.69, 9.17) is 29.2 Å². The van der Waals surface area contributed by atoms with Gasteiger partial charge >= 0.3 is 0 Å². The minimum absolute atomic E-state index is 0.0202. The molecule has 0 amide bonds. The number of carbonyl (C=O) groups excluding carboxylic acids is 1. The molecule has 0 bridgehead atoms. The molecule has 3 fully saturated rings. The molecule has 0 aromatic carbocycles. The van der Waals surface area contributed by atoms with E-state index in [1.807, 2.05) is 41.5 Å². The van der Waals surface area contributed by atoms with E-state index in [1.54, 1.807) is 0 Å². The minimum atomic E-state index is -1.23. The zero-order chi connectivity index (χ0) is 29.0. The Morgan fingerprint density at radius 3 is 1.92 bits per heavy atom. The number of hydrogen-bond acceptors (Lipinski definition) is 9. The smallest absolute Gasteiger partial charge is 0.167 e. The molecule has 0 spiro atoms. The maximum atomic E-state index is 12.9. The second-order valence-electron chi connectivity index (χ2n) is 11.3. The van der Waals surface area contributed by atoms with Gasteiger partial charge in [-0.1, -0.05) is 58.7 Å². The molecule has 13 heteroatoms. The van der Waals surface area contributed by atoms with Gasteiger partial charge in [0.25, 0.3) is 0 Å². The molecular formula is C26H44N6O7. The number of azide groups is 2. The first-order valence-electron chi connectivity index (χ1n) is 14.0. The number of hydrogen-bond donors (Lipinski definition) is 1. The summed E-state index contributed by atoms with van der Waals surface area (Å²) < 4.78 is 31.2. The lowest BCUT2D eigenvalue weighted by molar-refractivity contribution is -0.333. The topological polar surface area (TPSA) is 181 Å². The summed E-state index contributed by atoms with van der Waals surface area (Å²) in [6.45, 7) is 15.3. The maximum absolute atomic E-state index is 12.9. The monoisotopic (exact) mass is 552 g/mol. The Kier molecular flexibility index (Phi) is 11.0. The van der Waals surface area contributed by atoms with Gasteiger partial charge < -0.3 is 28.8 Å². The summed E-state index contributed by atoms with van der Waals surface area (Å²) in [5, 5.41) is 18.1. The Labute approximate surface area is 230 Å². The molecular weight excluding hydrogens is 508 g/mol. The van der Waals surface area contributed by atoms with Crippen molar-refractivity contribution in [3.05, 3.63) is 20.9 Å². The molecule has 0 saturated carbocycles. The largest absolute Gasteiger partial charge is 0.368 e. The average Bonchev–Trinajstić information content (AvgIpc) is 2.90. The fraction of sp³-hybridized carbons (Fsp3) is 0.962. The lowest BCUT2D eigenvalue weighted by Crippen LogP contribution is -2.60. The van der Waals surface area contributed by atoms with Gasteiger partial charge in [-0.3, -0.25) is 4.79 Å². The standard InChI is InChI=1S/C26H44N6O7/c1-9-17-11(3)12(4)20(30-32-28)26(36-17)38-22-13(5)14(6)25(39-23(22)16(8)33)37-21-15(7)19(29-31-27)24(34)35-18(21)10-2/h11-15,17-26,34H,9-10H2,1-8H3/t11-,12-,13+,14?,15+,17-,18?,19?,20?,21-,22-,23-,24+,25+,26+/m0/s1. The number of rotatable bonds is 9. The Balaban J connectivity index is 1.84. The lowest BCUT2D eigenvalue weighted by Gasteiger charge is -2.50. The molecule has 0 radical (unpaired) electrons. The summed E-state index contributed by atoms with van der Waals surface area (Å²) in [6.07, 6.45) is -4.15. The number of carbonyl (C=O) groups is 1. The number of ketones is 1. The van der Waals surface area contributed by atoms with E-state index in [-0.39, 0.29) is 41.5 Å². The number of nitrogens with zero attached hydrogens (tertiary/aromatic N) is 6. The quantitative estimate of drug-likeness (QED) is 0.240. The van der Waals surface area contributed by atoms with E-state index in [1.165, 1.54) is 6.92 Å². The molecule has 39 heavy (non-hydrogen) atoms. The fourth-order valence-electron chi connectivity index (χ4n) is 6.12. The first-order chi connectivity index (χ1) is 18.5. The van der Waals surface area contributed by atoms with E-state index in [2.05, 4.69) is 27.0 Å². The van der Waals surface area contributed by atoms with Crippen LogP contribution < -0.4 is 0 Å². The Hall–Kier alpha value is -1.95. The van der Waals surface area contributed by atoms with Gasteiger partial charge in [0.15, 0.2) is 24.7 Å². The van der Waals surface area contributed by atoms with E-state index < -0.39 is 55.4 Å². The van der Waals surface area contributed by atoms with Crippen LogP contribution in [0.5, 0.6) is 0 Å². The summed E-state index contributed by atoms with van der Waals surface area (Å²) in [5.41, 5.74) is 18.2. The van der Waals surface area contributed by atoms with Gasteiger partial charge in [0, 0.05) is 15.7 Å². The zero-order valence-corrected chi connectivity index (χ0v) is 24.2. The van der Waals surface area contributed by atoms with Crippen molar-refractivity contribution in [1.29, 1.82) is 0 Å². The average molecular weight is 553 g/mol. The van der Waals surface area contributed by atoms with Crippen molar-refractivity contribution in [2.75, 3.05) is 0 Å². The first kappa shape index (κ1) is 31.6. The molecule has 3 rings (SSSR count). The molecule has 3 saturated heterocycles. The van der Waals surface area contributed by atoms with Crippen LogP contribution in [0.4, 0.5) is 0 Å². The van der Waals surface area contributed by atoms with Gasteiger partial charge in [-0.05, 0) is 54.5 Å². The van der Waals surface area contributed by atoms with Crippen LogP contribution in [0, 0.1) is 29.6 Å². The molecule has 13 nitrogen and oxygen atoms in total.